The summed E-state index contributed by atoms with van der Waals surface area (Å²) in [6.45, 7) is 0. The van der Waals surface area contributed by atoms with Gasteiger partial charge in [0.1, 0.15) is 5.92 Å². The highest BCUT2D eigenvalue weighted by atomic mass is 16.5. The molecule has 0 spiro atoms. The third-order valence-corrected chi connectivity index (χ3v) is 5.33. The van der Waals surface area contributed by atoms with Gasteiger partial charge in [-0.25, -0.2) is 0 Å². The topological polar surface area (TPSA) is 76.1 Å². The fourth-order valence-corrected chi connectivity index (χ4v) is 3.96. The number of ether oxygens (including phenoxy) is 2. The van der Waals surface area contributed by atoms with Crippen molar-refractivity contribution < 1.29 is 24.2 Å². The maximum Gasteiger partial charge on any atom is 0.313 e. The minimum absolute atomic E-state index is 0.0748. The number of carbonyl (C=O) groups is 2. The van der Waals surface area contributed by atoms with Crippen molar-refractivity contribution >= 4 is 11.9 Å². The second kappa shape index (κ2) is 6.61. The molecule has 6 heteroatoms. The van der Waals surface area contributed by atoms with Gasteiger partial charge in [0.2, 0.25) is 0 Å². The van der Waals surface area contributed by atoms with E-state index < -0.39 is 17.9 Å². The molecule has 140 valence electrons. The summed E-state index contributed by atoms with van der Waals surface area (Å²) >= 11 is 0. The predicted molar refractivity (Wildman–Crippen MR) is 98.3 cm³/mol. The van der Waals surface area contributed by atoms with Gasteiger partial charge in [0.15, 0.2) is 11.5 Å². The Morgan fingerprint density at radius 2 is 1.78 bits per heavy atom. The van der Waals surface area contributed by atoms with E-state index in [4.69, 9.17) is 9.47 Å². The lowest BCUT2D eigenvalue weighted by molar-refractivity contribution is -0.140. The molecule has 2 aromatic carbocycles. The van der Waals surface area contributed by atoms with Gasteiger partial charge in [0.25, 0.3) is 5.91 Å². The molecule has 6 nitrogen and oxygen atoms in total. The van der Waals surface area contributed by atoms with Crippen LogP contribution < -0.4 is 9.47 Å². The van der Waals surface area contributed by atoms with E-state index in [9.17, 15) is 14.7 Å². The van der Waals surface area contributed by atoms with E-state index in [-0.39, 0.29) is 11.9 Å². The summed E-state index contributed by atoms with van der Waals surface area (Å²) < 4.78 is 10.7. The molecule has 2 atom stereocenters. The Bertz CT molecular complexity index is 905. The first-order valence-electron chi connectivity index (χ1n) is 8.93. The number of carbonyl (C=O) groups excluding carboxylic acids is 1. The molecule has 0 unspecified atom stereocenters. The van der Waals surface area contributed by atoms with Crippen LogP contribution in [0.3, 0.4) is 0 Å². The summed E-state index contributed by atoms with van der Waals surface area (Å²) in [6.07, 6.45) is 1.79. The zero-order chi connectivity index (χ0) is 19.1. The Labute approximate surface area is 157 Å². The van der Waals surface area contributed by atoms with Crippen LogP contribution in [0.4, 0.5) is 0 Å². The molecule has 1 amide bonds. The summed E-state index contributed by atoms with van der Waals surface area (Å²) in [5.74, 6) is -0.807. The summed E-state index contributed by atoms with van der Waals surface area (Å²) in [7, 11) is 3.09. The van der Waals surface area contributed by atoms with Crippen LogP contribution in [0.5, 0.6) is 11.5 Å². The van der Waals surface area contributed by atoms with E-state index in [0.29, 0.717) is 22.6 Å². The Kier molecular flexibility index (Phi) is 4.26. The number of hydrogen-bond donors (Lipinski definition) is 1. The Hall–Kier alpha value is -3.02. The van der Waals surface area contributed by atoms with Gasteiger partial charge in [0, 0.05) is 11.6 Å². The Balaban J connectivity index is 1.90. The largest absolute Gasteiger partial charge is 0.493 e. The number of carboxylic acid groups (broad SMARTS) is 1. The SMILES string of the molecule is COc1ccc([C@H]2[C@@H](C(=O)O)c3ccccc3C(=O)N2C2CC2)cc1OC. The Morgan fingerprint density at radius 1 is 1.07 bits per heavy atom. The number of hydrogen-bond acceptors (Lipinski definition) is 4. The van der Waals surface area contributed by atoms with Crippen LogP contribution in [0.1, 0.15) is 46.3 Å². The first-order chi connectivity index (χ1) is 13.1. The van der Waals surface area contributed by atoms with Crippen molar-refractivity contribution in [2.24, 2.45) is 0 Å². The zero-order valence-electron chi connectivity index (χ0n) is 15.2. The van der Waals surface area contributed by atoms with Crippen molar-refractivity contribution in [3.8, 4) is 11.5 Å². The molecule has 0 saturated heterocycles. The third kappa shape index (κ3) is 2.81. The average molecular weight is 367 g/mol. The summed E-state index contributed by atoms with van der Waals surface area (Å²) in [5, 5.41) is 10.1. The van der Waals surface area contributed by atoms with Gasteiger partial charge in [-0.05, 0) is 42.2 Å². The van der Waals surface area contributed by atoms with Gasteiger partial charge in [-0.3, -0.25) is 9.59 Å². The molecule has 2 aromatic rings. The molecule has 27 heavy (non-hydrogen) atoms. The van der Waals surface area contributed by atoms with Crippen molar-refractivity contribution in [2.75, 3.05) is 14.2 Å². The Morgan fingerprint density at radius 3 is 2.41 bits per heavy atom. The van der Waals surface area contributed by atoms with Crippen LogP contribution in [0.2, 0.25) is 0 Å². The minimum Gasteiger partial charge on any atom is -0.493 e. The molecular weight excluding hydrogens is 346 g/mol. The smallest absolute Gasteiger partial charge is 0.313 e. The molecule has 0 bridgehead atoms. The molecule has 1 aliphatic heterocycles. The predicted octanol–water partition coefficient (Wildman–Crippen LogP) is 3.23. The molecule has 4 rings (SSSR count). The first-order valence-corrected chi connectivity index (χ1v) is 8.93. The second-order valence-electron chi connectivity index (χ2n) is 6.91. The minimum atomic E-state index is -0.944. The quantitative estimate of drug-likeness (QED) is 0.878. The first kappa shape index (κ1) is 17.4. The number of nitrogens with zero attached hydrogens (tertiary/aromatic N) is 1. The standard InChI is InChI=1S/C21H21NO5/c1-26-16-10-7-12(11-17(16)27-2)19-18(21(24)25)14-5-3-4-6-15(14)20(23)22(19)13-8-9-13/h3-7,10-11,13,18-19H,8-9H2,1-2H3,(H,24,25)/t18-,19-/m0/s1. The van der Waals surface area contributed by atoms with E-state index in [1.165, 1.54) is 7.11 Å². The number of methoxy groups -OCH3 is 2. The fourth-order valence-electron chi connectivity index (χ4n) is 3.96. The van der Waals surface area contributed by atoms with Crippen LogP contribution in [0, 0.1) is 0 Å². The van der Waals surface area contributed by atoms with Crippen LogP contribution in [0.25, 0.3) is 0 Å². The van der Waals surface area contributed by atoms with E-state index in [2.05, 4.69) is 0 Å². The highest BCUT2D eigenvalue weighted by Crippen LogP contribution is 2.48. The van der Waals surface area contributed by atoms with Gasteiger partial charge in [-0.2, -0.15) is 0 Å². The lowest BCUT2D eigenvalue weighted by Gasteiger charge is -2.41. The monoisotopic (exact) mass is 367 g/mol. The van der Waals surface area contributed by atoms with Crippen molar-refractivity contribution in [1.29, 1.82) is 0 Å². The maximum absolute atomic E-state index is 13.2. The zero-order valence-corrected chi connectivity index (χ0v) is 15.2. The van der Waals surface area contributed by atoms with Gasteiger partial charge in [-0.1, -0.05) is 24.3 Å². The second-order valence-corrected chi connectivity index (χ2v) is 6.91. The van der Waals surface area contributed by atoms with Crippen molar-refractivity contribution in [2.45, 2.75) is 30.8 Å². The molecule has 1 heterocycles. The van der Waals surface area contributed by atoms with E-state index in [0.717, 1.165) is 18.4 Å². The summed E-state index contributed by atoms with van der Waals surface area (Å²) in [5.41, 5.74) is 1.77. The molecule has 1 saturated carbocycles. The molecular formula is C21H21NO5. The van der Waals surface area contributed by atoms with Crippen LogP contribution in [-0.4, -0.2) is 42.1 Å². The van der Waals surface area contributed by atoms with E-state index in [1.807, 2.05) is 6.07 Å². The lowest BCUT2D eigenvalue weighted by Crippen LogP contribution is -2.46. The van der Waals surface area contributed by atoms with E-state index >= 15 is 0 Å². The van der Waals surface area contributed by atoms with Crippen LogP contribution in [-0.2, 0) is 4.79 Å². The van der Waals surface area contributed by atoms with Crippen molar-refractivity contribution in [3.63, 3.8) is 0 Å². The van der Waals surface area contributed by atoms with Crippen LogP contribution in [0.15, 0.2) is 42.5 Å². The summed E-state index contributed by atoms with van der Waals surface area (Å²) in [6, 6.07) is 11.8. The van der Waals surface area contributed by atoms with Crippen LogP contribution >= 0.6 is 0 Å². The molecule has 1 aliphatic carbocycles. The van der Waals surface area contributed by atoms with Crippen molar-refractivity contribution in [3.05, 3.63) is 59.2 Å². The van der Waals surface area contributed by atoms with Gasteiger partial charge < -0.3 is 19.5 Å². The van der Waals surface area contributed by atoms with Gasteiger partial charge in [0.05, 0.1) is 20.3 Å². The van der Waals surface area contributed by atoms with Gasteiger partial charge in [-0.15, -0.1) is 0 Å². The number of rotatable bonds is 5. The molecule has 2 aliphatic rings. The fraction of sp³-hybridized carbons (Fsp3) is 0.333. The molecule has 1 N–H and O–H groups in total. The third-order valence-electron chi connectivity index (χ3n) is 5.33. The molecule has 0 aromatic heterocycles. The number of benzene rings is 2. The average Bonchev–Trinajstić information content (AvgIpc) is 3.52. The lowest BCUT2D eigenvalue weighted by atomic mass is 9.79. The normalized spacial score (nSPS) is 21.6. The highest BCUT2D eigenvalue weighted by Gasteiger charge is 2.49. The molecule has 1 fully saturated rings. The highest BCUT2D eigenvalue weighted by molar-refractivity contribution is 6.00. The van der Waals surface area contributed by atoms with Crippen molar-refractivity contribution in [1.82, 2.24) is 4.90 Å². The van der Waals surface area contributed by atoms with Gasteiger partial charge >= 0.3 is 5.97 Å². The summed E-state index contributed by atoms with van der Waals surface area (Å²) in [4.78, 5) is 27.2. The number of amides is 1. The number of fused-ring (bicyclic) bond motifs is 1. The molecule has 0 radical (unpaired) electrons. The van der Waals surface area contributed by atoms with E-state index in [1.54, 1.807) is 48.4 Å². The number of carboxylic acids is 1. The maximum atomic E-state index is 13.2. The number of aliphatic carboxylic acids is 1.